The number of esters is 3. The molecule has 1 unspecified atom stereocenters. The monoisotopic (exact) mass is 807 g/mol. The second-order valence-corrected chi connectivity index (χ2v) is 18.2. The molecule has 0 heterocycles. The fourth-order valence-electron chi connectivity index (χ4n) is 7.60. The molecule has 6 heteroatoms. The van der Waals surface area contributed by atoms with Gasteiger partial charge in [-0.15, -0.1) is 0 Å². The topological polar surface area (TPSA) is 78.9 Å². The van der Waals surface area contributed by atoms with E-state index in [1.807, 2.05) is 0 Å². The lowest BCUT2D eigenvalue weighted by atomic mass is 9.99. The van der Waals surface area contributed by atoms with E-state index in [2.05, 4.69) is 34.6 Å². The number of hydrogen-bond donors (Lipinski definition) is 0. The van der Waals surface area contributed by atoms with Crippen molar-refractivity contribution >= 4 is 17.9 Å². The Hall–Kier alpha value is -1.59. The van der Waals surface area contributed by atoms with Crippen molar-refractivity contribution in [2.45, 2.75) is 285 Å². The maximum absolute atomic E-state index is 12.8. The first-order chi connectivity index (χ1) is 27.8. The Morgan fingerprint density at radius 3 is 1.00 bits per heavy atom. The molecule has 0 aromatic rings. The molecule has 0 aromatic carbocycles. The Balaban J connectivity index is 4.29. The Kier molecular flexibility index (Phi) is 42.7. The van der Waals surface area contributed by atoms with Gasteiger partial charge in [0, 0.05) is 19.3 Å². The molecule has 0 radical (unpaired) electrons. The number of carbonyl (C=O) groups excluding carboxylic acids is 3. The number of rotatable bonds is 45. The highest BCUT2D eigenvalue weighted by atomic mass is 16.6. The van der Waals surface area contributed by atoms with Crippen LogP contribution in [-0.2, 0) is 28.6 Å². The summed E-state index contributed by atoms with van der Waals surface area (Å²) in [6.07, 6.45) is 43.7. The SMILES string of the molecule is CCCCCCCCCCCC(=O)OC[C@@H](COC(=O)CCCCCCCCCCCCC(C)CC)OC(=O)CCCCCCCCCCCCCCCC(C)C. The second kappa shape index (κ2) is 44.0. The van der Waals surface area contributed by atoms with E-state index in [1.165, 1.54) is 167 Å². The van der Waals surface area contributed by atoms with Gasteiger partial charge in [0.05, 0.1) is 0 Å². The molecule has 57 heavy (non-hydrogen) atoms. The third kappa shape index (κ3) is 43.8. The van der Waals surface area contributed by atoms with Crippen molar-refractivity contribution in [2.75, 3.05) is 13.2 Å². The fraction of sp³-hybridized carbons (Fsp3) is 0.941. The largest absolute Gasteiger partial charge is 0.462 e. The standard InChI is InChI=1S/C51H98O6/c1-6-8-9-10-11-19-26-31-36-41-49(52)55-44-48(45-56-50(53)42-37-32-27-22-18-17-21-25-30-35-40-47(5)7-2)57-51(54)43-38-33-28-23-16-14-12-13-15-20-24-29-34-39-46(3)4/h46-48H,6-45H2,1-5H3/t47?,48-/m0/s1. The van der Waals surface area contributed by atoms with E-state index in [9.17, 15) is 14.4 Å². The minimum absolute atomic E-state index is 0.0641. The first kappa shape index (κ1) is 55.4. The normalized spacial score (nSPS) is 12.5. The molecule has 0 aliphatic heterocycles. The van der Waals surface area contributed by atoms with E-state index in [0.29, 0.717) is 19.3 Å². The fourth-order valence-corrected chi connectivity index (χ4v) is 7.60. The minimum atomic E-state index is -0.761. The Morgan fingerprint density at radius 1 is 0.368 bits per heavy atom. The summed E-state index contributed by atoms with van der Waals surface area (Å²) in [7, 11) is 0. The smallest absolute Gasteiger partial charge is 0.306 e. The van der Waals surface area contributed by atoms with Crippen LogP contribution in [0.4, 0.5) is 0 Å². The van der Waals surface area contributed by atoms with Gasteiger partial charge < -0.3 is 14.2 Å². The predicted molar refractivity (Wildman–Crippen MR) is 243 cm³/mol. The van der Waals surface area contributed by atoms with Gasteiger partial charge in [-0.1, -0.05) is 240 Å². The van der Waals surface area contributed by atoms with E-state index in [1.54, 1.807) is 0 Å². The number of ether oxygens (including phenoxy) is 3. The quantitative estimate of drug-likeness (QED) is 0.0346. The summed E-state index contributed by atoms with van der Waals surface area (Å²) in [6.45, 7) is 11.4. The van der Waals surface area contributed by atoms with Gasteiger partial charge in [0.2, 0.25) is 0 Å². The molecule has 0 rings (SSSR count). The first-order valence-electron chi connectivity index (χ1n) is 25.3. The summed E-state index contributed by atoms with van der Waals surface area (Å²) >= 11 is 0. The Morgan fingerprint density at radius 2 is 0.667 bits per heavy atom. The molecule has 0 aromatic heterocycles. The van der Waals surface area contributed by atoms with Crippen molar-refractivity contribution in [3.05, 3.63) is 0 Å². The van der Waals surface area contributed by atoms with Crippen molar-refractivity contribution in [2.24, 2.45) is 11.8 Å². The molecule has 0 saturated carbocycles. The first-order valence-corrected chi connectivity index (χ1v) is 25.3. The summed E-state index contributed by atoms with van der Waals surface area (Å²) in [6, 6.07) is 0. The number of carbonyl (C=O) groups is 3. The van der Waals surface area contributed by atoms with Gasteiger partial charge in [0.1, 0.15) is 13.2 Å². The van der Waals surface area contributed by atoms with Crippen molar-refractivity contribution in [3.8, 4) is 0 Å². The molecular weight excluding hydrogens is 709 g/mol. The zero-order chi connectivity index (χ0) is 41.9. The van der Waals surface area contributed by atoms with Crippen LogP contribution in [-0.4, -0.2) is 37.2 Å². The maximum atomic E-state index is 12.8. The summed E-state index contributed by atoms with van der Waals surface area (Å²) in [5.74, 6) is 0.856. The van der Waals surface area contributed by atoms with E-state index < -0.39 is 6.10 Å². The Labute approximate surface area is 355 Å². The highest BCUT2D eigenvalue weighted by Gasteiger charge is 2.19. The lowest BCUT2D eigenvalue weighted by Crippen LogP contribution is -2.30. The van der Waals surface area contributed by atoms with Crippen LogP contribution in [0.2, 0.25) is 0 Å². The molecule has 338 valence electrons. The van der Waals surface area contributed by atoms with Gasteiger partial charge in [0.15, 0.2) is 6.10 Å². The summed E-state index contributed by atoms with van der Waals surface area (Å²) < 4.78 is 16.8. The predicted octanol–water partition coefficient (Wildman–Crippen LogP) is 16.1. The number of hydrogen-bond acceptors (Lipinski definition) is 6. The van der Waals surface area contributed by atoms with E-state index >= 15 is 0 Å². The highest BCUT2D eigenvalue weighted by molar-refractivity contribution is 5.71. The lowest BCUT2D eigenvalue weighted by molar-refractivity contribution is -0.167. The van der Waals surface area contributed by atoms with Gasteiger partial charge in [-0.3, -0.25) is 14.4 Å². The van der Waals surface area contributed by atoms with Gasteiger partial charge in [0.25, 0.3) is 0 Å². The Bertz CT molecular complexity index is 872. The molecule has 0 bridgehead atoms. The van der Waals surface area contributed by atoms with Crippen molar-refractivity contribution in [3.63, 3.8) is 0 Å². The lowest BCUT2D eigenvalue weighted by Gasteiger charge is -2.18. The highest BCUT2D eigenvalue weighted by Crippen LogP contribution is 2.18. The van der Waals surface area contributed by atoms with Gasteiger partial charge in [-0.2, -0.15) is 0 Å². The summed E-state index contributed by atoms with van der Waals surface area (Å²) in [5, 5.41) is 0. The van der Waals surface area contributed by atoms with E-state index in [-0.39, 0.29) is 31.1 Å². The van der Waals surface area contributed by atoms with Crippen LogP contribution in [0.3, 0.4) is 0 Å². The van der Waals surface area contributed by atoms with Crippen molar-refractivity contribution < 1.29 is 28.6 Å². The molecule has 0 aliphatic carbocycles. The molecule has 0 N–H and O–H groups in total. The third-order valence-corrected chi connectivity index (χ3v) is 11.8. The molecule has 0 spiro atoms. The van der Waals surface area contributed by atoms with Crippen LogP contribution in [0.15, 0.2) is 0 Å². The molecule has 0 fully saturated rings. The molecule has 2 atom stereocenters. The maximum Gasteiger partial charge on any atom is 0.306 e. The number of unbranched alkanes of at least 4 members (excludes halogenated alkanes) is 29. The van der Waals surface area contributed by atoms with Gasteiger partial charge in [-0.25, -0.2) is 0 Å². The summed E-state index contributed by atoms with van der Waals surface area (Å²) in [5.41, 5.74) is 0. The van der Waals surface area contributed by atoms with Crippen molar-refractivity contribution in [1.29, 1.82) is 0 Å². The van der Waals surface area contributed by atoms with Crippen LogP contribution in [0.25, 0.3) is 0 Å². The molecule has 0 saturated heterocycles. The summed E-state index contributed by atoms with van der Waals surface area (Å²) in [4.78, 5) is 37.8. The van der Waals surface area contributed by atoms with E-state index in [4.69, 9.17) is 14.2 Å². The molecule has 0 aliphatic rings. The van der Waals surface area contributed by atoms with Crippen LogP contribution in [0.5, 0.6) is 0 Å². The van der Waals surface area contributed by atoms with Gasteiger partial charge in [-0.05, 0) is 31.1 Å². The second-order valence-electron chi connectivity index (χ2n) is 18.2. The molecule has 0 amide bonds. The average molecular weight is 807 g/mol. The molecular formula is C51H98O6. The van der Waals surface area contributed by atoms with Crippen LogP contribution in [0.1, 0.15) is 279 Å². The van der Waals surface area contributed by atoms with Crippen LogP contribution < -0.4 is 0 Å². The van der Waals surface area contributed by atoms with Crippen LogP contribution >= 0.6 is 0 Å². The zero-order valence-electron chi connectivity index (χ0n) is 39.0. The molecule has 6 nitrogen and oxygen atoms in total. The zero-order valence-corrected chi connectivity index (χ0v) is 39.0. The van der Waals surface area contributed by atoms with Crippen LogP contribution in [0, 0.1) is 11.8 Å². The minimum Gasteiger partial charge on any atom is -0.462 e. The third-order valence-electron chi connectivity index (χ3n) is 11.8. The van der Waals surface area contributed by atoms with Crippen molar-refractivity contribution in [1.82, 2.24) is 0 Å². The van der Waals surface area contributed by atoms with Gasteiger partial charge >= 0.3 is 17.9 Å². The van der Waals surface area contributed by atoms with E-state index in [0.717, 1.165) is 69.6 Å². The average Bonchev–Trinajstić information content (AvgIpc) is 3.19.